The highest BCUT2D eigenvalue weighted by Gasteiger charge is 2.59. The molecular weight excluding hydrogens is 268 g/mol. The summed E-state index contributed by atoms with van der Waals surface area (Å²) < 4.78 is 9.93. The van der Waals surface area contributed by atoms with E-state index >= 15 is 0 Å². The monoisotopic (exact) mass is 292 g/mol. The molecule has 0 heterocycles. The zero-order valence-corrected chi connectivity index (χ0v) is 13.2. The maximum absolute atomic E-state index is 12.5. The van der Waals surface area contributed by atoms with E-state index in [0.29, 0.717) is 5.92 Å². The molecule has 2 aliphatic rings. The molecule has 21 heavy (non-hydrogen) atoms. The minimum atomic E-state index is -1.28. The van der Waals surface area contributed by atoms with Crippen molar-refractivity contribution in [3.8, 4) is 0 Å². The predicted octanol–water partition coefficient (Wildman–Crippen LogP) is 2.89. The Hall–Kier alpha value is -1.58. The highest BCUT2D eigenvalue weighted by molar-refractivity contribution is 6.03. The van der Waals surface area contributed by atoms with Crippen LogP contribution in [0.1, 0.15) is 33.1 Å². The van der Waals surface area contributed by atoms with E-state index in [9.17, 15) is 9.59 Å². The van der Waals surface area contributed by atoms with Crippen molar-refractivity contribution in [2.45, 2.75) is 33.1 Å². The van der Waals surface area contributed by atoms with Gasteiger partial charge < -0.3 is 9.47 Å². The average Bonchev–Trinajstić information content (AvgIpc) is 2.89. The van der Waals surface area contributed by atoms with Crippen LogP contribution in [0.15, 0.2) is 23.8 Å². The molecule has 0 spiro atoms. The molecular formula is C17H24O4. The van der Waals surface area contributed by atoms with E-state index in [1.54, 1.807) is 0 Å². The van der Waals surface area contributed by atoms with Gasteiger partial charge in [-0.2, -0.15) is 0 Å². The molecule has 0 bridgehead atoms. The van der Waals surface area contributed by atoms with Gasteiger partial charge in [0, 0.05) is 5.92 Å². The molecule has 0 aromatic heterocycles. The van der Waals surface area contributed by atoms with Crippen LogP contribution in [0.3, 0.4) is 0 Å². The largest absolute Gasteiger partial charge is 0.468 e. The smallest absolute Gasteiger partial charge is 0.327 e. The molecule has 4 nitrogen and oxygen atoms in total. The third-order valence-electron chi connectivity index (χ3n) is 5.01. The van der Waals surface area contributed by atoms with Crippen LogP contribution in [-0.4, -0.2) is 26.2 Å². The average molecular weight is 292 g/mol. The molecule has 0 aliphatic heterocycles. The van der Waals surface area contributed by atoms with Gasteiger partial charge in [-0.15, -0.1) is 0 Å². The Morgan fingerprint density at radius 2 is 1.95 bits per heavy atom. The lowest BCUT2D eigenvalue weighted by atomic mass is 9.69. The SMILES string of the molecule is CCC(C)C1=CC(C(=O)OC)(C(=O)OC)[C@@H]2CCC=C[C@H]12. The van der Waals surface area contributed by atoms with E-state index in [2.05, 4.69) is 26.0 Å². The lowest BCUT2D eigenvalue weighted by molar-refractivity contribution is -0.169. The van der Waals surface area contributed by atoms with Crippen LogP contribution in [0.5, 0.6) is 0 Å². The lowest BCUT2D eigenvalue weighted by Crippen LogP contribution is -2.45. The molecule has 0 saturated carbocycles. The molecule has 4 heteroatoms. The molecule has 0 saturated heterocycles. The van der Waals surface area contributed by atoms with Gasteiger partial charge in [0.1, 0.15) is 0 Å². The van der Waals surface area contributed by atoms with Crippen molar-refractivity contribution in [2.75, 3.05) is 14.2 Å². The van der Waals surface area contributed by atoms with Gasteiger partial charge in [0.15, 0.2) is 5.41 Å². The standard InChI is InChI=1S/C17H24O4/c1-5-11(2)13-10-17(15(18)20-3,16(19)21-4)14-9-7-6-8-12(13)14/h6,8,10-12,14H,5,7,9H2,1-4H3/t11?,12-,14-/m1/s1. The highest BCUT2D eigenvalue weighted by Crippen LogP contribution is 2.53. The van der Waals surface area contributed by atoms with Crippen molar-refractivity contribution in [1.82, 2.24) is 0 Å². The Balaban J connectivity index is 2.57. The van der Waals surface area contributed by atoms with Gasteiger partial charge in [0.2, 0.25) is 0 Å². The Bertz CT molecular complexity index is 473. The molecule has 0 N–H and O–H groups in total. The van der Waals surface area contributed by atoms with Crippen molar-refractivity contribution in [1.29, 1.82) is 0 Å². The molecule has 0 aromatic rings. The first kappa shape index (κ1) is 15.8. The maximum Gasteiger partial charge on any atom is 0.327 e. The molecule has 3 atom stereocenters. The van der Waals surface area contributed by atoms with Crippen molar-refractivity contribution < 1.29 is 19.1 Å². The van der Waals surface area contributed by atoms with Gasteiger partial charge in [-0.05, 0) is 31.1 Å². The molecule has 0 aromatic carbocycles. The van der Waals surface area contributed by atoms with Gasteiger partial charge in [-0.1, -0.05) is 37.6 Å². The second-order valence-corrected chi connectivity index (χ2v) is 5.94. The zero-order valence-electron chi connectivity index (χ0n) is 13.2. The van der Waals surface area contributed by atoms with E-state index in [0.717, 1.165) is 24.8 Å². The van der Waals surface area contributed by atoms with Gasteiger partial charge in [-0.3, -0.25) is 9.59 Å². The number of hydrogen-bond donors (Lipinski definition) is 0. The molecule has 1 unspecified atom stereocenters. The summed E-state index contributed by atoms with van der Waals surface area (Å²) in [5.74, 6) is -0.634. The van der Waals surface area contributed by atoms with Crippen LogP contribution in [0.25, 0.3) is 0 Å². The summed E-state index contributed by atoms with van der Waals surface area (Å²) in [5, 5.41) is 0. The van der Waals surface area contributed by atoms with Crippen molar-refractivity contribution in [3.63, 3.8) is 0 Å². The van der Waals surface area contributed by atoms with Gasteiger partial charge in [0.05, 0.1) is 14.2 Å². The summed E-state index contributed by atoms with van der Waals surface area (Å²) in [5.41, 5.74) is -0.119. The van der Waals surface area contributed by atoms with Crippen LogP contribution in [-0.2, 0) is 19.1 Å². The highest BCUT2D eigenvalue weighted by atomic mass is 16.5. The first-order chi connectivity index (χ1) is 10.0. The first-order valence-corrected chi connectivity index (χ1v) is 7.59. The summed E-state index contributed by atoms with van der Waals surface area (Å²) in [6.45, 7) is 4.25. The molecule has 2 rings (SSSR count). The second kappa shape index (κ2) is 6.04. The summed E-state index contributed by atoms with van der Waals surface area (Å²) >= 11 is 0. The van der Waals surface area contributed by atoms with Gasteiger partial charge in [-0.25, -0.2) is 0 Å². The number of esters is 2. The van der Waals surface area contributed by atoms with E-state index in [1.165, 1.54) is 14.2 Å². The minimum absolute atomic E-state index is 0.0913. The van der Waals surface area contributed by atoms with E-state index in [4.69, 9.17) is 9.47 Å². The van der Waals surface area contributed by atoms with Crippen LogP contribution >= 0.6 is 0 Å². The zero-order chi connectivity index (χ0) is 15.6. The second-order valence-electron chi connectivity index (χ2n) is 5.94. The number of carbonyl (C=O) groups excluding carboxylic acids is 2. The normalized spacial score (nSPS) is 27.5. The summed E-state index contributed by atoms with van der Waals surface area (Å²) in [4.78, 5) is 24.9. The number of allylic oxidation sites excluding steroid dienone is 3. The fraction of sp³-hybridized carbons (Fsp3) is 0.647. The van der Waals surface area contributed by atoms with Crippen LogP contribution in [0.4, 0.5) is 0 Å². The van der Waals surface area contributed by atoms with E-state index < -0.39 is 17.4 Å². The van der Waals surface area contributed by atoms with E-state index in [1.807, 2.05) is 6.08 Å². The van der Waals surface area contributed by atoms with Crippen LogP contribution in [0, 0.1) is 23.2 Å². The molecule has 2 aliphatic carbocycles. The minimum Gasteiger partial charge on any atom is -0.468 e. The van der Waals surface area contributed by atoms with Crippen molar-refractivity contribution >= 4 is 11.9 Å². The molecule has 0 radical (unpaired) electrons. The number of hydrogen-bond acceptors (Lipinski definition) is 4. The number of fused-ring (bicyclic) bond motifs is 1. The van der Waals surface area contributed by atoms with Crippen LogP contribution < -0.4 is 0 Å². The topological polar surface area (TPSA) is 52.6 Å². The van der Waals surface area contributed by atoms with Crippen LogP contribution in [0.2, 0.25) is 0 Å². The predicted molar refractivity (Wildman–Crippen MR) is 79.4 cm³/mol. The molecule has 0 fully saturated rings. The van der Waals surface area contributed by atoms with E-state index in [-0.39, 0.29) is 11.8 Å². The number of rotatable bonds is 4. The fourth-order valence-electron chi connectivity index (χ4n) is 3.70. The summed E-state index contributed by atoms with van der Waals surface area (Å²) in [6, 6.07) is 0. The first-order valence-electron chi connectivity index (χ1n) is 7.59. The lowest BCUT2D eigenvalue weighted by Gasteiger charge is -2.34. The summed E-state index contributed by atoms with van der Waals surface area (Å²) in [6.07, 6.45) is 8.76. The fourth-order valence-corrected chi connectivity index (χ4v) is 3.70. The third-order valence-corrected chi connectivity index (χ3v) is 5.01. The Morgan fingerprint density at radius 3 is 2.48 bits per heavy atom. The summed E-state index contributed by atoms with van der Waals surface area (Å²) in [7, 11) is 2.66. The van der Waals surface area contributed by atoms with Crippen molar-refractivity contribution in [3.05, 3.63) is 23.8 Å². The van der Waals surface area contributed by atoms with Gasteiger partial charge >= 0.3 is 11.9 Å². The quantitative estimate of drug-likeness (QED) is 0.454. The van der Waals surface area contributed by atoms with Crippen molar-refractivity contribution in [2.24, 2.45) is 23.2 Å². The Kier molecular flexibility index (Phi) is 4.55. The van der Waals surface area contributed by atoms with Gasteiger partial charge in [0.25, 0.3) is 0 Å². The maximum atomic E-state index is 12.5. The Labute approximate surface area is 126 Å². The number of carbonyl (C=O) groups is 2. The number of methoxy groups -OCH3 is 2. The number of ether oxygens (including phenoxy) is 2. The molecule has 116 valence electrons. The Morgan fingerprint density at radius 1 is 1.33 bits per heavy atom. The molecule has 0 amide bonds. The third kappa shape index (κ3) is 2.30.